The molecule has 0 radical (unpaired) electrons. The number of aromatic amines is 1. The molecule has 0 saturated carbocycles. The summed E-state index contributed by atoms with van der Waals surface area (Å²) in [4.78, 5) is 48.4. The molecule has 3 N–H and O–H groups in total. The van der Waals surface area contributed by atoms with E-state index in [2.05, 4.69) is 26.0 Å². The molecule has 11 nitrogen and oxygen atoms in total. The van der Waals surface area contributed by atoms with Crippen LogP contribution in [0.4, 0.5) is 5.69 Å². The van der Waals surface area contributed by atoms with E-state index in [0.717, 1.165) is 0 Å². The van der Waals surface area contributed by atoms with Gasteiger partial charge in [-0.05, 0) is 35.9 Å². The minimum absolute atomic E-state index is 0.0779. The van der Waals surface area contributed by atoms with Crippen LogP contribution < -0.4 is 16.3 Å². The number of aromatic nitrogens is 2. The summed E-state index contributed by atoms with van der Waals surface area (Å²) < 4.78 is 0. The number of carbonyl (C=O) groups excluding carboxylic acids is 2. The zero-order valence-corrected chi connectivity index (χ0v) is 18.0. The Balaban J connectivity index is 1.63. The first-order valence-corrected chi connectivity index (χ1v) is 10.3. The fraction of sp³-hybridized carbons (Fsp3) is 0.0417. The van der Waals surface area contributed by atoms with E-state index in [1.54, 1.807) is 54.6 Å². The van der Waals surface area contributed by atoms with Crippen LogP contribution in [0, 0.1) is 10.1 Å². The number of nitrogens with one attached hydrogen (secondary N) is 3. The second-order valence-corrected chi connectivity index (χ2v) is 7.34. The van der Waals surface area contributed by atoms with Gasteiger partial charge >= 0.3 is 0 Å². The molecular formula is C24H18N6O5. The molecule has 4 aromatic rings. The Morgan fingerprint density at radius 1 is 0.971 bits per heavy atom. The summed E-state index contributed by atoms with van der Waals surface area (Å²) in [6.45, 7) is 0. The van der Waals surface area contributed by atoms with E-state index < -0.39 is 28.3 Å². The minimum Gasteiger partial charge on any atom is -0.335 e. The van der Waals surface area contributed by atoms with Crippen molar-refractivity contribution in [1.82, 2.24) is 20.9 Å². The maximum absolute atomic E-state index is 13.1. The minimum atomic E-state index is -1.29. The van der Waals surface area contributed by atoms with Crippen LogP contribution in [0.2, 0.25) is 0 Å². The van der Waals surface area contributed by atoms with Crippen molar-refractivity contribution < 1.29 is 14.5 Å². The van der Waals surface area contributed by atoms with E-state index in [1.807, 2.05) is 0 Å². The molecule has 35 heavy (non-hydrogen) atoms. The summed E-state index contributed by atoms with van der Waals surface area (Å²) >= 11 is 0. The number of nitro groups is 1. The molecule has 0 fully saturated rings. The van der Waals surface area contributed by atoms with Crippen LogP contribution in [-0.4, -0.2) is 33.1 Å². The van der Waals surface area contributed by atoms with Gasteiger partial charge in [0.1, 0.15) is 5.69 Å². The Morgan fingerprint density at radius 2 is 1.63 bits per heavy atom. The van der Waals surface area contributed by atoms with Crippen LogP contribution in [0.1, 0.15) is 27.7 Å². The molecule has 3 aromatic carbocycles. The third kappa shape index (κ3) is 5.25. The molecule has 0 unspecified atom stereocenters. The lowest BCUT2D eigenvalue weighted by molar-refractivity contribution is -0.384. The molecule has 0 spiro atoms. The average Bonchev–Trinajstić information content (AvgIpc) is 2.88. The van der Waals surface area contributed by atoms with E-state index in [1.165, 1.54) is 30.5 Å². The molecule has 1 heterocycles. The molecule has 0 aliphatic rings. The molecular weight excluding hydrogens is 452 g/mol. The molecule has 0 aliphatic carbocycles. The highest BCUT2D eigenvalue weighted by Gasteiger charge is 2.27. The number of non-ortho nitro benzene ring substituents is 1. The lowest BCUT2D eigenvalue weighted by Gasteiger charge is -2.18. The van der Waals surface area contributed by atoms with Gasteiger partial charge in [0.05, 0.1) is 16.5 Å². The van der Waals surface area contributed by atoms with Gasteiger partial charge in [-0.2, -0.15) is 10.2 Å². The van der Waals surface area contributed by atoms with Gasteiger partial charge in [0.2, 0.25) is 0 Å². The number of hydrogen-bond acceptors (Lipinski definition) is 7. The number of nitrogens with zero attached hydrogens (tertiary/aromatic N) is 3. The normalized spacial score (nSPS) is 11.8. The van der Waals surface area contributed by atoms with Gasteiger partial charge in [-0.3, -0.25) is 24.5 Å². The van der Waals surface area contributed by atoms with Gasteiger partial charge in [0.25, 0.3) is 23.1 Å². The third-order valence-corrected chi connectivity index (χ3v) is 5.06. The SMILES string of the molecule is O=C(N[C@H](C(=O)N/N=C/c1ccc([N+](=O)[O-])cc1)c1n[nH]c(=O)c2ccccc12)c1ccccc1. The Kier molecular flexibility index (Phi) is 6.68. The van der Waals surface area contributed by atoms with Gasteiger partial charge in [-0.15, -0.1) is 0 Å². The largest absolute Gasteiger partial charge is 0.335 e. The monoisotopic (exact) mass is 470 g/mol. The van der Waals surface area contributed by atoms with Gasteiger partial charge < -0.3 is 5.32 Å². The predicted octanol–water partition coefficient (Wildman–Crippen LogP) is 2.45. The topological polar surface area (TPSA) is 159 Å². The van der Waals surface area contributed by atoms with Crippen molar-refractivity contribution in [2.45, 2.75) is 6.04 Å². The lowest BCUT2D eigenvalue weighted by atomic mass is 10.0. The average molecular weight is 470 g/mol. The van der Waals surface area contributed by atoms with Crippen molar-refractivity contribution in [3.8, 4) is 0 Å². The number of fused-ring (bicyclic) bond motifs is 1. The Morgan fingerprint density at radius 3 is 2.31 bits per heavy atom. The number of rotatable bonds is 7. The van der Waals surface area contributed by atoms with Crippen molar-refractivity contribution in [3.63, 3.8) is 0 Å². The molecule has 11 heteroatoms. The second-order valence-electron chi connectivity index (χ2n) is 7.34. The standard InChI is InChI=1S/C24H18N6O5/c31-22(16-6-2-1-3-7-16)26-21(20-18-8-4-5-9-19(18)23(32)29-27-20)24(33)28-25-14-15-10-12-17(13-11-15)30(34)35/h1-14,21H,(H,26,31)(H,28,33)(H,29,32)/b25-14+/t21-/m0/s1. The fourth-order valence-electron chi connectivity index (χ4n) is 3.34. The number of benzene rings is 3. The molecule has 1 aromatic heterocycles. The van der Waals surface area contributed by atoms with Crippen molar-refractivity contribution in [2.24, 2.45) is 5.10 Å². The van der Waals surface area contributed by atoms with Gasteiger partial charge in [0.15, 0.2) is 6.04 Å². The van der Waals surface area contributed by atoms with Crippen molar-refractivity contribution in [1.29, 1.82) is 0 Å². The highest BCUT2D eigenvalue weighted by Crippen LogP contribution is 2.20. The van der Waals surface area contributed by atoms with E-state index in [4.69, 9.17) is 0 Å². The zero-order valence-electron chi connectivity index (χ0n) is 18.0. The molecule has 174 valence electrons. The Bertz CT molecular complexity index is 1480. The third-order valence-electron chi connectivity index (χ3n) is 5.06. The maximum atomic E-state index is 13.1. The Labute approximate surface area is 197 Å². The van der Waals surface area contributed by atoms with Crippen LogP contribution >= 0.6 is 0 Å². The van der Waals surface area contributed by atoms with Gasteiger partial charge in [0, 0.05) is 23.1 Å². The quantitative estimate of drug-likeness (QED) is 0.214. The molecule has 0 aliphatic heterocycles. The summed E-state index contributed by atoms with van der Waals surface area (Å²) in [6.07, 6.45) is 1.30. The summed E-state index contributed by atoms with van der Waals surface area (Å²) in [5, 5.41) is 24.4. The first-order chi connectivity index (χ1) is 16.9. The Hall–Kier alpha value is -5.19. The molecule has 0 saturated heterocycles. The van der Waals surface area contributed by atoms with Crippen LogP contribution in [0.25, 0.3) is 10.8 Å². The van der Waals surface area contributed by atoms with Crippen LogP contribution in [0.3, 0.4) is 0 Å². The molecule has 4 rings (SSSR count). The highest BCUT2D eigenvalue weighted by atomic mass is 16.6. The number of hydrazone groups is 1. The van der Waals surface area contributed by atoms with Gasteiger partial charge in [-0.1, -0.05) is 36.4 Å². The van der Waals surface area contributed by atoms with Crippen LogP contribution in [0.5, 0.6) is 0 Å². The zero-order chi connectivity index (χ0) is 24.8. The van der Waals surface area contributed by atoms with Crippen LogP contribution in [0.15, 0.2) is 88.8 Å². The van der Waals surface area contributed by atoms with Crippen molar-refractivity contribution in [2.75, 3.05) is 0 Å². The summed E-state index contributed by atoms with van der Waals surface area (Å²) in [5.74, 6) is -1.24. The number of H-pyrrole nitrogens is 1. The maximum Gasteiger partial charge on any atom is 0.272 e. The fourth-order valence-corrected chi connectivity index (χ4v) is 3.34. The molecule has 0 bridgehead atoms. The summed E-state index contributed by atoms with van der Waals surface area (Å²) in [6, 6.07) is 19.2. The van der Waals surface area contributed by atoms with Gasteiger partial charge in [-0.25, -0.2) is 10.5 Å². The second kappa shape index (κ2) is 10.2. The molecule has 1 atom stereocenters. The van der Waals surface area contributed by atoms with Crippen molar-refractivity contribution >= 4 is 34.5 Å². The smallest absolute Gasteiger partial charge is 0.272 e. The number of carbonyl (C=O) groups is 2. The number of nitro benzene ring substituents is 1. The lowest BCUT2D eigenvalue weighted by Crippen LogP contribution is -2.40. The van der Waals surface area contributed by atoms with E-state index in [9.17, 15) is 24.5 Å². The summed E-state index contributed by atoms with van der Waals surface area (Å²) in [5.41, 5.74) is 2.81. The van der Waals surface area contributed by atoms with Crippen molar-refractivity contribution in [3.05, 3.63) is 116 Å². The first kappa shape index (κ1) is 23.0. The van der Waals surface area contributed by atoms with E-state index >= 15 is 0 Å². The van der Waals surface area contributed by atoms with E-state index in [0.29, 0.717) is 21.9 Å². The predicted molar refractivity (Wildman–Crippen MR) is 128 cm³/mol. The first-order valence-electron chi connectivity index (χ1n) is 10.3. The number of amides is 2. The number of hydrogen-bond donors (Lipinski definition) is 3. The summed E-state index contributed by atoms with van der Waals surface area (Å²) in [7, 11) is 0. The van der Waals surface area contributed by atoms with Crippen LogP contribution in [-0.2, 0) is 4.79 Å². The van der Waals surface area contributed by atoms with E-state index in [-0.39, 0.29) is 11.4 Å². The molecule has 2 amide bonds. The highest BCUT2D eigenvalue weighted by molar-refractivity contribution is 5.99.